The van der Waals surface area contributed by atoms with E-state index in [0.717, 1.165) is 17.7 Å². The van der Waals surface area contributed by atoms with Crippen molar-refractivity contribution in [3.63, 3.8) is 0 Å². The average molecular weight is 305 g/mol. The normalized spacial score (nSPS) is 11.8. The van der Waals surface area contributed by atoms with Crippen LogP contribution in [0.25, 0.3) is 0 Å². The monoisotopic (exact) mass is 305 g/mol. The summed E-state index contributed by atoms with van der Waals surface area (Å²) in [6.45, 7) is 5.25. The number of ether oxygens (including phenoxy) is 2. The fourth-order valence-corrected chi connectivity index (χ4v) is 1.47. The second-order valence-corrected chi connectivity index (χ2v) is 4.52. The van der Waals surface area contributed by atoms with Crippen LogP contribution in [-0.4, -0.2) is 30.6 Å². The predicted octanol–water partition coefficient (Wildman–Crippen LogP) is 1.98. The number of nitrogens with one attached hydrogen (secondary N) is 1. The summed E-state index contributed by atoms with van der Waals surface area (Å²) in [7, 11) is 0. The summed E-state index contributed by atoms with van der Waals surface area (Å²) in [6.07, 6.45) is 0.894. The van der Waals surface area contributed by atoms with Crippen LogP contribution < -0.4 is 5.32 Å². The topological polar surface area (TPSA) is 81.7 Å². The summed E-state index contributed by atoms with van der Waals surface area (Å²) in [5.41, 5.74) is 1.68. The molecule has 0 fully saturated rings. The number of hydrogen-bond acceptors (Lipinski definition) is 5. The van der Waals surface area contributed by atoms with Crippen molar-refractivity contribution >= 4 is 23.5 Å². The van der Waals surface area contributed by atoms with Gasteiger partial charge in [0.05, 0.1) is 6.61 Å². The minimum Gasteiger partial charge on any atom is -0.463 e. The molecule has 1 N–H and O–H groups in total. The van der Waals surface area contributed by atoms with Crippen molar-refractivity contribution in [2.45, 2.75) is 26.9 Å². The van der Waals surface area contributed by atoms with E-state index in [4.69, 9.17) is 4.74 Å². The van der Waals surface area contributed by atoms with Crippen molar-refractivity contribution in [3.8, 4) is 0 Å². The Hall–Kier alpha value is -2.63. The molecule has 0 aliphatic rings. The Morgan fingerprint density at radius 2 is 1.73 bits per heavy atom. The number of amides is 1. The molecule has 1 aromatic carbocycles. The molecule has 118 valence electrons. The van der Waals surface area contributed by atoms with Gasteiger partial charge in [-0.15, -0.1) is 0 Å². The third-order valence-corrected chi connectivity index (χ3v) is 2.62. The Bertz CT molecular complexity index is 562. The highest BCUT2D eigenvalue weighted by Crippen LogP contribution is 2.09. The van der Waals surface area contributed by atoms with Gasteiger partial charge >= 0.3 is 11.9 Å². The zero-order valence-corrected chi connectivity index (χ0v) is 12.8. The van der Waals surface area contributed by atoms with Crippen molar-refractivity contribution < 1.29 is 23.9 Å². The van der Waals surface area contributed by atoms with Gasteiger partial charge in [0.2, 0.25) is 0 Å². The molecule has 1 amide bonds. The SMILES string of the molecule is CCOC(=O)/C=C/C(=O)O[C@H](C)C(=O)Nc1ccc(C)cc1. The van der Waals surface area contributed by atoms with E-state index in [-0.39, 0.29) is 6.61 Å². The van der Waals surface area contributed by atoms with Crippen LogP contribution in [0.5, 0.6) is 0 Å². The quantitative estimate of drug-likeness (QED) is 0.642. The van der Waals surface area contributed by atoms with Gasteiger partial charge < -0.3 is 14.8 Å². The summed E-state index contributed by atoms with van der Waals surface area (Å²) in [4.78, 5) is 34.4. The van der Waals surface area contributed by atoms with Crippen molar-refractivity contribution in [2.24, 2.45) is 0 Å². The number of carbonyl (C=O) groups is 3. The van der Waals surface area contributed by atoms with Crippen molar-refractivity contribution in [3.05, 3.63) is 42.0 Å². The van der Waals surface area contributed by atoms with E-state index in [2.05, 4.69) is 10.1 Å². The van der Waals surface area contributed by atoms with Crippen LogP contribution in [0.4, 0.5) is 5.69 Å². The van der Waals surface area contributed by atoms with E-state index in [0.29, 0.717) is 5.69 Å². The standard InChI is InChI=1S/C16H19NO5/c1-4-21-14(18)9-10-15(19)22-12(3)16(20)17-13-7-5-11(2)6-8-13/h5-10,12H,4H2,1-3H3,(H,17,20)/b10-9+/t12-/m1/s1. The molecule has 0 saturated carbocycles. The average Bonchev–Trinajstić information content (AvgIpc) is 2.47. The van der Waals surface area contributed by atoms with Crippen LogP contribution in [0.3, 0.4) is 0 Å². The van der Waals surface area contributed by atoms with Crippen LogP contribution in [0, 0.1) is 6.92 Å². The smallest absolute Gasteiger partial charge is 0.331 e. The minimum atomic E-state index is -0.986. The van der Waals surface area contributed by atoms with Crippen LogP contribution in [0.1, 0.15) is 19.4 Å². The Balaban J connectivity index is 2.48. The molecule has 0 spiro atoms. The lowest BCUT2D eigenvalue weighted by molar-refractivity contribution is -0.148. The summed E-state index contributed by atoms with van der Waals surface area (Å²) < 4.78 is 9.51. The maximum atomic E-state index is 11.9. The molecular formula is C16H19NO5. The minimum absolute atomic E-state index is 0.216. The molecule has 0 saturated heterocycles. The number of hydrogen-bond donors (Lipinski definition) is 1. The van der Waals surface area contributed by atoms with Gasteiger partial charge in [-0.1, -0.05) is 17.7 Å². The van der Waals surface area contributed by atoms with E-state index in [9.17, 15) is 14.4 Å². The van der Waals surface area contributed by atoms with Crippen LogP contribution in [-0.2, 0) is 23.9 Å². The van der Waals surface area contributed by atoms with Crippen molar-refractivity contribution in [2.75, 3.05) is 11.9 Å². The molecule has 0 unspecified atom stereocenters. The zero-order valence-electron chi connectivity index (χ0n) is 12.8. The Morgan fingerprint density at radius 3 is 2.32 bits per heavy atom. The van der Waals surface area contributed by atoms with E-state index in [1.807, 2.05) is 19.1 Å². The molecule has 0 heterocycles. The fraction of sp³-hybridized carbons (Fsp3) is 0.312. The molecule has 0 aliphatic heterocycles. The van der Waals surface area contributed by atoms with Gasteiger partial charge in [0.25, 0.3) is 5.91 Å². The van der Waals surface area contributed by atoms with E-state index < -0.39 is 23.9 Å². The van der Waals surface area contributed by atoms with Gasteiger partial charge in [-0.05, 0) is 32.9 Å². The number of aryl methyl sites for hydroxylation is 1. The maximum absolute atomic E-state index is 11.9. The van der Waals surface area contributed by atoms with E-state index in [1.165, 1.54) is 6.92 Å². The number of rotatable bonds is 6. The third-order valence-electron chi connectivity index (χ3n) is 2.62. The molecule has 0 radical (unpaired) electrons. The second-order valence-electron chi connectivity index (χ2n) is 4.52. The Morgan fingerprint density at radius 1 is 1.14 bits per heavy atom. The number of carbonyl (C=O) groups excluding carboxylic acids is 3. The van der Waals surface area contributed by atoms with Gasteiger partial charge in [-0.3, -0.25) is 4.79 Å². The molecule has 6 nitrogen and oxygen atoms in total. The van der Waals surface area contributed by atoms with Crippen LogP contribution in [0.15, 0.2) is 36.4 Å². The van der Waals surface area contributed by atoms with Gasteiger partial charge in [-0.25, -0.2) is 9.59 Å². The number of benzene rings is 1. The highest BCUT2D eigenvalue weighted by molar-refractivity contribution is 5.97. The van der Waals surface area contributed by atoms with Crippen molar-refractivity contribution in [1.82, 2.24) is 0 Å². The summed E-state index contributed by atoms with van der Waals surface area (Å²) in [5.74, 6) is -1.89. The first-order valence-electron chi connectivity index (χ1n) is 6.85. The molecule has 22 heavy (non-hydrogen) atoms. The first-order chi connectivity index (χ1) is 10.4. The maximum Gasteiger partial charge on any atom is 0.331 e. The van der Waals surface area contributed by atoms with Gasteiger partial charge in [0.15, 0.2) is 6.10 Å². The van der Waals surface area contributed by atoms with Crippen LogP contribution in [0.2, 0.25) is 0 Å². The molecule has 0 aliphatic carbocycles. The molecule has 1 atom stereocenters. The summed E-state index contributed by atoms with van der Waals surface area (Å²) in [6, 6.07) is 7.22. The molecule has 1 rings (SSSR count). The van der Waals surface area contributed by atoms with Gasteiger partial charge in [-0.2, -0.15) is 0 Å². The summed E-state index contributed by atoms with van der Waals surface area (Å²) >= 11 is 0. The van der Waals surface area contributed by atoms with E-state index in [1.54, 1.807) is 19.1 Å². The molecule has 6 heteroatoms. The number of anilines is 1. The fourth-order valence-electron chi connectivity index (χ4n) is 1.47. The lowest BCUT2D eigenvalue weighted by Gasteiger charge is -2.12. The molecule has 1 aromatic rings. The predicted molar refractivity (Wildman–Crippen MR) is 81.1 cm³/mol. The lowest BCUT2D eigenvalue weighted by Crippen LogP contribution is -2.29. The first kappa shape index (κ1) is 17.4. The zero-order chi connectivity index (χ0) is 16.5. The van der Waals surface area contributed by atoms with E-state index >= 15 is 0 Å². The van der Waals surface area contributed by atoms with Gasteiger partial charge in [0.1, 0.15) is 0 Å². The largest absolute Gasteiger partial charge is 0.463 e. The summed E-state index contributed by atoms with van der Waals surface area (Å²) in [5, 5.41) is 2.63. The van der Waals surface area contributed by atoms with Crippen molar-refractivity contribution in [1.29, 1.82) is 0 Å². The third kappa shape index (κ3) is 6.21. The number of esters is 2. The first-order valence-corrected chi connectivity index (χ1v) is 6.85. The highest BCUT2D eigenvalue weighted by Gasteiger charge is 2.16. The highest BCUT2D eigenvalue weighted by atomic mass is 16.5. The Kier molecular flexibility index (Phi) is 6.82. The molecular weight excluding hydrogens is 286 g/mol. The second kappa shape index (κ2) is 8.61. The Labute approximate surface area is 129 Å². The van der Waals surface area contributed by atoms with Crippen LogP contribution >= 0.6 is 0 Å². The molecule has 0 bridgehead atoms. The molecule has 0 aromatic heterocycles. The van der Waals surface area contributed by atoms with Gasteiger partial charge in [0, 0.05) is 17.8 Å². The lowest BCUT2D eigenvalue weighted by atomic mass is 10.2.